The van der Waals surface area contributed by atoms with Gasteiger partial charge < -0.3 is 14.1 Å². The van der Waals surface area contributed by atoms with Gasteiger partial charge in [0.2, 0.25) is 0 Å². The molecule has 0 spiro atoms. The van der Waals surface area contributed by atoms with E-state index in [0.717, 1.165) is 30.0 Å². The third kappa shape index (κ3) is 4.96. The van der Waals surface area contributed by atoms with Gasteiger partial charge in [0, 0.05) is 55.3 Å². The van der Waals surface area contributed by atoms with Crippen LogP contribution in [0.1, 0.15) is 5.56 Å². The Kier molecular flexibility index (Phi) is 5.83. The first-order chi connectivity index (χ1) is 14.1. The molecular formula is C22H21ClN2O4. The molecule has 2 heterocycles. The van der Waals surface area contributed by atoms with E-state index >= 15 is 0 Å². The molecule has 0 bridgehead atoms. The second-order valence-electron chi connectivity index (χ2n) is 7.03. The number of carbonyl (C=O) groups is 1. The van der Waals surface area contributed by atoms with E-state index in [-0.39, 0.29) is 12.5 Å². The van der Waals surface area contributed by atoms with E-state index in [2.05, 4.69) is 4.90 Å². The third-order valence-corrected chi connectivity index (χ3v) is 5.25. The number of halogens is 1. The summed E-state index contributed by atoms with van der Waals surface area (Å²) in [7, 11) is 0. The third-order valence-electron chi connectivity index (χ3n) is 5.00. The van der Waals surface area contributed by atoms with Crippen LogP contribution in [0.5, 0.6) is 5.75 Å². The van der Waals surface area contributed by atoms with Crippen molar-refractivity contribution < 1.29 is 13.9 Å². The van der Waals surface area contributed by atoms with Crippen LogP contribution in [0.4, 0.5) is 0 Å². The van der Waals surface area contributed by atoms with Crippen molar-refractivity contribution in [2.45, 2.75) is 6.54 Å². The zero-order valence-corrected chi connectivity index (χ0v) is 16.6. The van der Waals surface area contributed by atoms with Crippen LogP contribution >= 0.6 is 11.6 Å². The van der Waals surface area contributed by atoms with E-state index in [4.69, 9.17) is 20.8 Å². The van der Waals surface area contributed by atoms with Crippen LogP contribution in [-0.4, -0.2) is 48.5 Å². The second-order valence-corrected chi connectivity index (χ2v) is 7.46. The van der Waals surface area contributed by atoms with Crippen LogP contribution in [-0.2, 0) is 11.3 Å². The van der Waals surface area contributed by atoms with Crippen molar-refractivity contribution in [2.75, 3.05) is 32.8 Å². The predicted octanol–water partition coefficient (Wildman–Crippen LogP) is 3.17. The fourth-order valence-corrected chi connectivity index (χ4v) is 3.50. The fraction of sp³-hybridized carbons (Fsp3) is 0.273. The second kappa shape index (κ2) is 8.68. The van der Waals surface area contributed by atoms with E-state index in [1.54, 1.807) is 24.3 Å². The summed E-state index contributed by atoms with van der Waals surface area (Å²) in [5.74, 6) is 0.451. The Labute approximate surface area is 173 Å². The summed E-state index contributed by atoms with van der Waals surface area (Å²) in [6.45, 7) is 3.77. The van der Waals surface area contributed by atoms with Crippen LogP contribution in [0.2, 0.25) is 5.02 Å². The number of amides is 1. The molecule has 0 unspecified atom stereocenters. The van der Waals surface area contributed by atoms with E-state index in [1.165, 1.54) is 11.6 Å². The van der Waals surface area contributed by atoms with E-state index in [0.29, 0.717) is 24.4 Å². The lowest BCUT2D eigenvalue weighted by Crippen LogP contribution is -2.49. The summed E-state index contributed by atoms with van der Waals surface area (Å²) < 4.78 is 10.8. The lowest BCUT2D eigenvalue weighted by atomic mass is 10.2. The molecule has 1 amide bonds. The number of carbonyl (C=O) groups excluding carboxylic acids is 1. The number of nitrogens with zero attached hydrogens (tertiary/aromatic N) is 2. The SMILES string of the molecule is O=C(COc1ccc2ccc(=O)oc2c1)N1CCN(Cc2ccc(Cl)cc2)CC1. The average molecular weight is 413 g/mol. The van der Waals surface area contributed by atoms with Crippen molar-refractivity contribution in [3.63, 3.8) is 0 Å². The largest absolute Gasteiger partial charge is 0.484 e. The van der Waals surface area contributed by atoms with E-state index in [9.17, 15) is 9.59 Å². The van der Waals surface area contributed by atoms with E-state index in [1.807, 2.05) is 29.2 Å². The monoisotopic (exact) mass is 412 g/mol. The van der Waals surface area contributed by atoms with Gasteiger partial charge in [-0.15, -0.1) is 0 Å². The van der Waals surface area contributed by atoms with Crippen LogP contribution in [0.15, 0.2) is 63.8 Å². The Morgan fingerprint density at radius 3 is 2.48 bits per heavy atom. The lowest BCUT2D eigenvalue weighted by molar-refractivity contribution is -0.135. The maximum Gasteiger partial charge on any atom is 0.336 e. The number of rotatable bonds is 5. The normalized spacial score (nSPS) is 14.9. The summed E-state index contributed by atoms with van der Waals surface area (Å²) in [5.41, 5.74) is 1.24. The molecule has 1 fully saturated rings. The fourth-order valence-electron chi connectivity index (χ4n) is 3.37. The van der Waals surface area contributed by atoms with Gasteiger partial charge in [-0.3, -0.25) is 9.69 Å². The Hall–Kier alpha value is -2.83. The van der Waals surface area contributed by atoms with Crippen LogP contribution in [0.25, 0.3) is 11.0 Å². The number of hydrogen-bond acceptors (Lipinski definition) is 5. The molecule has 1 saturated heterocycles. The number of fused-ring (bicyclic) bond motifs is 1. The molecule has 0 N–H and O–H groups in total. The summed E-state index contributed by atoms with van der Waals surface area (Å²) >= 11 is 5.93. The molecular weight excluding hydrogens is 392 g/mol. The molecule has 4 rings (SSSR count). The minimum atomic E-state index is -0.415. The highest BCUT2D eigenvalue weighted by atomic mass is 35.5. The first-order valence-electron chi connectivity index (χ1n) is 9.48. The Bertz CT molecular complexity index is 1060. The van der Waals surface area contributed by atoms with Crippen molar-refractivity contribution in [3.05, 3.63) is 75.6 Å². The van der Waals surface area contributed by atoms with Crippen LogP contribution in [0.3, 0.4) is 0 Å². The molecule has 1 aliphatic heterocycles. The van der Waals surface area contributed by atoms with Crippen molar-refractivity contribution in [1.29, 1.82) is 0 Å². The maximum atomic E-state index is 12.5. The molecule has 0 atom stereocenters. The zero-order valence-electron chi connectivity index (χ0n) is 15.8. The summed E-state index contributed by atoms with van der Waals surface area (Å²) in [4.78, 5) is 28.0. The highest BCUT2D eigenvalue weighted by Crippen LogP contribution is 2.19. The molecule has 7 heteroatoms. The minimum Gasteiger partial charge on any atom is -0.484 e. The van der Waals surface area contributed by atoms with Gasteiger partial charge in [-0.2, -0.15) is 0 Å². The smallest absolute Gasteiger partial charge is 0.336 e. The maximum absolute atomic E-state index is 12.5. The number of piperazine rings is 1. The Morgan fingerprint density at radius 1 is 1.00 bits per heavy atom. The van der Waals surface area contributed by atoms with Gasteiger partial charge >= 0.3 is 5.63 Å². The molecule has 0 radical (unpaired) electrons. The van der Waals surface area contributed by atoms with Crippen molar-refractivity contribution in [2.24, 2.45) is 0 Å². The highest BCUT2D eigenvalue weighted by molar-refractivity contribution is 6.30. The average Bonchev–Trinajstić information content (AvgIpc) is 2.74. The predicted molar refractivity (Wildman–Crippen MR) is 111 cm³/mol. The van der Waals surface area contributed by atoms with Gasteiger partial charge in [-0.05, 0) is 35.9 Å². The Morgan fingerprint density at radius 2 is 1.72 bits per heavy atom. The molecule has 3 aromatic rings. The van der Waals surface area contributed by atoms with Gasteiger partial charge in [0.1, 0.15) is 11.3 Å². The van der Waals surface area contributed by atoms with Crippen LogP contribution < -0.4 is 10.4 Å². The molecule has 2 aromatic carbocycles. The Balaban J connectivity index is 1.27. The van der Waals surface area contributed by atoms with E-state index < -0.39 is 5.63 Å². The molecule has 150 valence electrons. The highest BCUT2D eigenvalue weighted by Gasteiger charge is 2.21. The molecule has 0 saturated carbocycles. The zero-order chi connectivity index (χ0) is 20.2. The molecule has 1 aliphatic rings. The minimum absolute atomic E-state index is 0.0419. The topological polar surface area (TPSA) is 63.0 Å². The van der Waals surface area contributed by atoms with Gasteiger partial charge in [0.15, 0.2) is 6.61 Å². The number of hydrogen-bond donors (Lipinski definition) is 0. The first kappa shape index (κ1) is 19.5. The lowest BCUT2D eigenvalue weighted by Gasteiger charge is -2.34. The first-order valence-corrected chi connectivity index (χ1v) is 9.86. The quantitative estimate of drug-likeness (QED) is 0.602. The number of benzene rings is 2. The summed E-state index contributed by atoms with van der Waals surface area (Å²) in [6.07, 6.45) is 0. The summed E-state index contributed by atoms with van der Waals surface area (Å²) in [5, 5.41) is 1.54. The number of ether oxygens (including phenoxy) is 1. The van der Waals surface area contributed by atoms with Crippen molar-refractivity contribution in [1.82, 2.24) is 9.80 Å². The van der Waals surface area contributed by atoms with Crippen LogP contribution in [0, 0.1) is 0 Å². The van der Waals surface area contributed by atoms with Crippen molar-refractivity contribution in [3.8, 4) is 5.75 Å². The molecule has 0 aliphatic carbocycles. The summed E-state index contributed by atoms with van der Waals surface area (Å²) in [6, 6.07) is 16.1. The standard InChI is InChI=1S/C22H21ClN2O4/c23-18-5-1-16(2-6-18)14-24-9-11-25(12-10-24)21(26)15-28-19-7-3-17-4-8-22(27)29-20(17)13-19/h1-8,13H,9-12,14-15H2. The van der Waals surface area contributed by atoms with Gasteiger partial charge in [0.25, 0.3) is 5.91 Å². The molecule has 6 nitrogen and oxygen atoms in total. The van der Waals surface area contributed by atoms with Gasteiger partial charge in [0.05, 0.1) is 0 Å². The molecule has 1 aromatic heterocycles. The van der Waals surface area contributed by atoms with Gasteiger partial charge in [-0.25, -0.2) is 4.79 Å². The van der Waals surface area contributed by atoms with Gasteiger partial charge in [-0.1, -0.05) is 23.7 Å². The van der Waals surface area contributed by atoms with Crippen molar-refractivity contribution >= 4 is 28.5 Å². The molecule has 29 heavy (non-hydrogen) atoms.